The number of hydrogen-bond acceptors (Lipinski definition) is 5. The predicted octanol–water partition coefficient (Wildman–Crippen LogP) is 4.55. The molecule has 4 atom stereocenters. The Hall–Kier alpha value is -3.49. The Labute approximate surface area is 193 Å². The molecule has 0 radical (unpaired) electrons. The molecule has 34 heavy (non-hydrogen) atoms. The minimum atomic E-state index is -4.45. The Kier molecular flexibility index (Phi) is 4.49. The lowest BCUT2D eigenvalue weighted by atomic mass is 9.73. The Morgan fingerprint density at radius 1 is 1.12 bits per heavy atom. The van der Waals surface area contributed by atoms with E-state index in [4.69, 9.17) is 4.74 Å². The number of pyridine rings is 3. The number of halogens is 3. The summed E-state index contributed by atoms with van der Waals surface area (Å²) in [5.41, 5.74) is 1.66. The van der Waals surface area contributed by atoms with E-state index in [2.05, 4.69) is 15.0 Å². The van der Waals surface area contributed by atoms with E-state index in [0.717, 1.165) is 30.8 Å². The zero-order valence-electron chi connectivity index (χ0n) is 18.3. The maximum atomic E-state index is 13.7. The first-order valence-corrected chi connectivity index (χ1v) is 11.2. The van der Waals surface area contributed by atoms with E-state index in [-0.39, 0.29) is 29.3 Å². The van der Waals surface area contributed by atoms with Crippen LogP contribution < -0.4 is 4.74 Å². The van der Waals surface area contributed by atoms with E-state index < -0.39 is 11.7 Å². The standard InChI is InChI=1S/C25H21F3N4O2/c1-14-5-7-17(18-4-2-3-9-29-18)21(31-14)23(33)32-13-16-10-24(16)11-19(22(24)32)34-20-8-6-15(12-30-20)25(26,27)28/h2-9,12,16,19,22H,10-11,13H2,1H3. The Morgan fingerprint density at radius 2 is 1.97 bits per heavy atom. The van der Waals surface area contributed by atoms with Crippen molar-refractivity contribution in [2.75, 3.05) is 6.54 Å². The lowest BCUT2D eigenvalue weighted by Crippen LogP contribution is -2.59. The fourth-order valence-electron chi connectivity index (χ4n) is 5.61. The van der Waals surface area contributed by atoms with Crippen LogP contribution in [0.15, 0.2) is 54.9 Å². The Morgan fingerprint density at radius 3 is 2.68 bits per heavy atom. The minimum absolute atomic E-state index is 0.0429. The second-order valence-electron chi connectivity index (χ2n) is 9.34. The summed E-state index contributed by atoms with van der Waals surface area (Å²) in [6.45, 7) is 2.47. The molecule has 6 rings (SSSR count). The lowest BCUT2D eigenvalue weighted by molar-refractivity contribution is -0.137. The summed E-state index contributed by atoms with van der Waals surface area (Å²) in [4.78, 5) is 28.4. The summed E-state index contributed by atoms with van der Waals surface area (Å²) in [5.74, 6) is 0.381. The monoisotopic (exact) mass is 466 g/mol. The van der Waals surface area contributed by atoms with Crippen LogP contribution in [0.5, 0.6) is 5.88 Å². The highest BCUT2D eigenvalue weighted by Gasteiger charge is 2.76. The van der Waals surface area contributed by atoms with Gasteiger partial charge < -0.3 is 9.64 Å². The van der Waals surface area contributed by atoms with Gasteiger partial charge in [-0.3, -0.25) is 9.78 Å². The van der Waals surface area contributed by atoms with Gasteiger partial charge in [0.2, 0.25) is 5.88 Å². The molecule has 2 saturated carbocycles. The summed E-state index contributed by atoms with van der Waals surface area (Å²) in [6, 6.07) is 11.3. The quantitative estimate of drug-likeness (QED) is 0.565. The normalized spacial score (nSPS) is 26.9. The average Bonchev–Trinajstić information content (AvgIpc) is 3.47. The van der Waals surface area contributed by atoms with Gasteiger partial charge >= 0.3 is 6.18 Å². The van der Waals surface area contributed by atoms with Crippen LogP contribution >= 0.6 is 0 Å². The third-order valence-corrected chi connectivity index (χ3v) is 7.33. The minimum Gasteiger partial charge on any atom is -0.472 e. The van der Waals surface area contributed by atoms with Crippen molar-refractivity contribution >= 4 is 5.91 Å². The number of ether oxygens (including phenoxy) is 1. The highest BCUT2D eigenvalue weighted by atomic mass is 19.4. The van der Waals surface area contributed by atoms with Gasteiger partial charge in [-0.15, -0.1) is 0 Å². The van der Waals surface area contributed by atoms with Gasteiger partial charge in [0.1, 0.15) is 11.8 Å². The Bertz CT molecular complexity index is 1270. The van der Waals surface area contributed by atoms with Crippen LogP contribution in [0.2, 0.25) is 0 Å². The van der Waals surface area contributed by atoms with Crippen LogP contribution in [0, 0.1) is 18.3 Å². The zero-order chi connectivity index (χ0) is 23.7. The summed E-state index contributed by atoms with van der Waals surface area (Å²) in [6.07, 6.45) is -0.510. The summed E-state index contributed by atoms with van der Waals surface area (Å²) in [7, 11) is 0. The molecular weight excluding hydrogens is 445 g/mol. The molecule has 1 spiro atoms. The molecule has 0 bridgehead atoms. The maximum absolute atomic E-state index is 13.7. The van der Waals surface area contributed by atoms with Gasteiger partial charge in [-0.2, -0.15) is 13.2 Å². The molecule has 2 aliphatic carbocycles. The number of rotatable bonds is 4. The van der Waals surface area contributed by atoms with Gasteiger partial charge in [0.05, 0.1) is 17.3 Å². The second kappa shape index (κ2) is 7.25. The number of amides is 1. The first-order valence-electron chi connectivity index (χ1n) is 11.2. The third-order valence-electron chi connectivity index (χ3n) is 7.33. The van der Waals surface area contributed by atoms with Gasteiger partial charge in [-0.25, -0.2) is 9.97 Å². The van der Waals surface area contributed by atoms with Crippen LogP contribution in [0.1, 0.15) is 34.6 Å². The number of aromatic nitrogens is 3. The van der Waals surface area contributed by atoms with E-state index in [1.165, 1.54) is 6.07 Å². The average molecular weight is 466 g/mol. The van der Waals surface area contributed by atoms with Crippen LogP contribution in [-0.2, 0) is 6.18 Å². The molecule has 174 valence electrons. The molecule has 3 aromatic rings. The maximum Gasteiger partial charge on any atom is 0.417 e. The predicted molar refractivity (Wildman–Crippen MR) is 116 cm³/mol. The van der Waals surface area contributed by atoms with Crippen molar-refractivity contribution in [1.82, 2.24) is 19.9 Å². The van der Waals surface area contributed by atoms with Crippen molar-refractivity contribution in [2.24, 2.45) is 11.3 Å². The molecule has 1 aliphatic heterocycles. The molecule has 3 aliphatic rings. The van der Waals surface area contributed by atoms with E-state index in [9.17, 15) is 18.0 Å². The highest BCUT2D eigenvalue weighted by molar-refractivity contribution is 5.99. The summed E-state index contributed by atoms with van der Waals surface area (Å²) in [5, 5.41) is 0. The van der Waals surface area contributed by atoms with Crippen molar-refractivity contribution in [2.45, 2.75) is 38.1 Å². The molecule has 3 aromatic heterocycles. The number of carbonyl (C=O) groups is 1. The van der Waals surface area contributed by atoms with E-state index in [1.54, 1.807) is 6.20 Å². The van der Waals surface area contributed by atoms with Gasteiger partial charge in [-0.05, 0) is 56.0 Å². The number of hydrogen-bond donors (Lipinski definition) is 0. The number of nitrogens with zero attached hydrogens (tertiary/aromatic N) is 4. The van der Waals surface area contributed by atoms with Crippen LogP contribution in [0.25, 0.3) is 11.3 Å². The third kappa shape index (κ3) is 3.25. The molecule has 0 N–H and O–H groups in total. The summed E-state index contributed by atoms with van der Waals surface area (Å²) < 4.78 is 44.5. The van der Waals surface area contributed by atoms with Crippen molar-refractivity contribution in [3.8, 4) is 17.1 Å². The fourth-order valence-corrected chi connectivity index (χ4v) is 5.61. The van der Waals surface area contributed by atoms with Crippen LogP contribution in [0.4, 0.5) is 13.2 Å². The molecule has 1 saturated heterocycles. The van der Waals surface area contributed by atoms with E-state index >= 15 is 0 Å². The fraction of sp³-hybridized carbons (Fsp3) is 0.360. The van der Waals surface area contributed by atoms with Crippen molar-refractivity contribution < 1.29 is 22.7 Å². The molecule has 1 amide bonds. The molecule has 4 heterocycles. The molecule has 6 nitrogen and oxygen atoms in total. The van der Waals surface area contributed by atoms with Gasteiger partial charge in [0, 0.05) is 41.7 Å². The van der Waals surface area contributed by atoms with E-state index in [1.807, 2.05) is 42.2 Å². The summed E-state index contributed by atoms with van der Waals surface area (Å²) >= 11 is 0. The second-order valence-corrected chi connectivity index (χ2v) is 9.34. The molecule has 4 unspecified atom stereocenters. The molecule has 9 heteroatoms. The van der Waals surface area contributed by atoms with Crippen molar-refractivity contribution in [3.05, 3.63) is 71.8 Å². The van der Waals surface area contributed by atoms with Gasteiger partial charge in [0.25, 0.3) is 5.91 Å². The van der Waals surface area contributed by atoms with Gasteiger partial charge in [0.15, 0.2) is 0 Å². The zero-order valence-corrected chi connectivity index (χ0v) is 18.3. The Balaban J connectivity index is 1.26. The highest BCUT2D eigenvalue weighted by Crippen LogP contribution is 2.71. The van der Waals surface area contributed by atoms with Crippen LogP contribution in [-0.4, -0.2) is 44.4 Å². The smallest absolute Gasteiger partial charge is 0.417 e. The van der Waals surface area contributed by atoms with Crippen LogP contribution in [0.3, 0.4) is 0 Å². The van der Waals surface area contributed by atoms with E-state index in [0.29, 0.717) is 29.4 Å². The number of aryl methyl sites for hydroxylation is 1. The number of likely N-dealkylation sites (tertiary alicyclic amines) is 1. The number of alkyl halides is 3. The largest absolute Gasteiger partial charge is 0.472 e. The molecule has 0 aromatic carbocycles. The SMILES string of the molecule is Cc1ccc(-c2ccccn2)c(C(=O)N2CC3CC34CC(Oc3ccc(C(F)(F)F)cn3)C24)n1. The van der Waals surface area contributed by atoms with Crippen molar-refractivity contribution in [3.63, 3.8) is 0 Å². The first-order chi connectivity index (χ1) is 16.3. The number of carbonyl (C=O) groups excluding carboxylic acids is 1. The molecular formula is C25H21F3N4O2. The molecule has 3 fully saturated rings. The van der Waals surface area contributed by atoms with Crippen molar-refractivity contribution in [1.29, 1.82) is 0 Å². The van der Waals surface area contributed by atoms with Gasteiger partial charge in [-0.1, -0.05) is 6.07 Å². The number of piperidine rings is 1. The lowest BCUT2D eigenvalue weighted by Gasteiger charge is -2.46. The first kappa shape index (κ1) is 21.1. The topological polar surface area (TPSA) is 68.2 Å².